The fourth-order valence-corrected chi connectivity index (χ4v) is 3.88. The van der Waals surface area contributed by atoms with Gasteiger partial charge in [0.1, 0.15) is 11.5 Å². The number of fused-ring (bicyclic) bond motifs is 3. The smallest absolute Gasteiger partial charge is 0.332 e. The third-order valence-electron chi connectivity index (χ3n) is 5.41. The lowest BCUT2D eigenvalue weighted by Crippen LogP contribution is -2.40. The molecule has 0 saturated heterocycles. The SMILES string of the molecule is COCCn1c(=O)c2c(nc3n2CCCN3c2cc(OC)ccc2OC)n(C)c1=O. The molecule has 160 valence electrons. The normalized spacial score (nSPS) is 13.5. The summed E-state index contributed by atoms with van der Waals surface area (Å²) in [5.41, 5.74) is 0.795. The van der Waals surface area contributed by atoms with Crippen molar-refractivity contribution in [2.75, 3.05) is 39.4 Å². The molecule has 4 rings (SSSR count). The molecular formula is C20H25N5O5. The van der Waals surface area contributed by atoms with Crippen LogP contribution in [0.15, 0.2) is 27.8 Å². The zero-order valence-corrected chi connectivity index (χ0v) is 17.5. The zero-order chi connectivity index (χ0) is 21.4. The molecule has 0 bridgehead atoms. The van der Waals surface area contributed by atoms with Crippen LogP contribution in [0.2, 0.25) is 0 Å². The minimum atomic E-state index is -0.412. The van der Waals surface area contributed by atoms with Gasteiger partial charge in [-0.05, 0) is 18.6 Å². The van der Waals surface area contributed by atoms with Gasteiger partial charge in [0.15, 0.2) is 11.2 Å². The lowest BCUT2D eigenvalue weighted by Gasteiger charge is -2.30. The van der Waals surface area contributed by atoms with Crippen molar-refractivity contribution in [2.45, 2.75) is 19.5 Å². The van der Waals surface area contributed by atoms with Crippen molar-refractivity contribution in [3.63, 3.8) is 0 Å². The van der Waals surface area contributed by atoms with E-state index in [1.165, 1.54) is 16.2 Å². The van der Waals surface area contributed by atoms with Crippen LogP contribution < -0.4 is 25.6 Å². The highest BCUT2D eigenvalue weighted by molar-refractivity contribution is 5.78. The number of anilines is 2. The van der Waals surface area contributed by atoms with E-state index in [2.05, 4.69) is 0 Å². The summed E-state index contributed by atoms with van der Waals surface area (Å²) in [7, 11) is 6.38. The molecule has 10 heteroatoms. The summed E-state index contributed by atoms with van der Waals surface area (Å²) in [6.07, 6.45) is 0.805. The summed E-state index contributed by atoms with van der Waals surface area (Å²) in [6.45, 7) is 1.78. The van der Waals surface area contributed by atoms with Gasteiger partial charge in [0.25, 0.3) is 5.56 Å². The number of aryl methyl sites for hydroxylation is 2. The first-order valence-corrected chi connectivity index (χ1v) is 9.70. The van der Waals surface area contributed by atoms with Crippen LogP contribution in [0.5, 0.6) is 11.5 Å². The molecule has 1 aromatic carbocycles. The van der Waals surface area contributed by atoms with Crippen molar-refractivity contribution in [2.24, 2.45) is 7.05 Å². The molecule has 30 heavy (non-hydrogen) atoms. The molecule has 0 fully saturated rings. The van der Waals surface area contributed by atoms with E-state index < -0.39 is 5.69 Å². The Hall–Kier alpha value is -3.27. The number of nitrogens with zero attached hydrogens (tertiary/aromatic N) is 5. The van der Waals surface area contributed by atoms with Crippen LogP contribution >= 0.6 is 0 Å². The van der Waals surface area contributed by atoms with Crippen molar-refractivity contribution in [3.8, 4) is 11.5 Å². The molecule has 3 aromatic rings. The summed E-state index contributed by atoms with van der Waals surface area (Å²) < 4.78 is 20.5. The Morgan fingerprint density at radius 1 is 1.10 bits per heavy atom. The van der Waals surface area contributed by atoms with Crippen LogP contribution in [-0.4, -0.2) is 53.2 Å². The van der Waals surface area contributed by atoms with Crippen LogP contribution in [0.4, 0.5) is 11.6 Å². The van der Waals surface area contributed by atoms with Crippen LogP contribution in [0.3, 0.4) is 0 Å². The number of rotatable bonds is 6. The Bertz CT molecular complexity index is 1210. The van der Waals surface area contributed by atoms with E-state index in [1.807, 2.05) is 27.7 Å². The first-order chi connectivity index (χ1) is 14.5. The number of aromatic nitrogens is 4. The van der Waals surface area contributed by atoms with Crippen molar-refractivity contribution in [3.05, 3.63) is 39.0 Å². The first kappa shape index (κ1) is 20.0. The van der Waals surface area contributed by atoms with Crippen molar-refractivity contribution < 1.29 is 14.2 Å². The summed E-state index contributed by atoms with van der Waals surface area (Å²) in [4.78, 5) is 32.6. The molecule has 0 N–H and O–H groups in total. The van der Waals surface area contributed by atoms with Crippen molar-refractivity contribution in [1.29, 1.82) is 0 Å². The van der Waals surface area contributed by atoms with Gasteiger partial charge in [0, 0.05) is 33.3 Å². The van der Waals surface area contributed by atoms with Gasteiger partial charge in [0.05, 0.1) is 33.1 Å². The van der Waals surface area contributed by atoms with E-state index in [1.54, 1.807) is 21.3 Å². The van der Waals surface area contributed by atoms with Gasteiger partial charge in [0.2, 0.25) is 5.95 Å². The number of benzene rings is 1. The van der Waals surface area contributed by atoms with E-state index in [4.69, 9.17) is 19.2 Å². The molecule has 1 aliphatic rings. The molecule has 0 amide bonds. The van der Waals surface area contributed by atoms with Crippen LogP contribution in [0, 0.1) is 0 Å². The maximum atomic E-state index is 13.2. The lowest BCUT2D eigenvalue weighted by atomic mass is 10.2. The van der Waals surface area contributed by atoms with Crippen molar-refractivity contribution >= 4 is 22.8 Å². The second kappa shape index (κ2) is 7.86. The average Bonchev–Trinajstić information content (AvgIpc) is 3.17. The molecule has 1 aliphatic heterocycles. The highest BCUT2D eigenvalue weighted by Gasteiger charge is 2.28. The van der Waals surface area contributed by atoms with E-state index in [0.29, 0.717) is 41.7 Å². The zero-order valence-electron chi connectivity index (χ0n) is 17.5. The predicted octanol–water partition coefficient (Wildman–Crippen LogP) is 1.10. The molecule has 0 radical (unpaired) electrons. The summed E-state index contributed by atoms with van der Waals surface area (Å²) in [5, 5.41) is 0. The molecular weight excluding hydrogens is 390 g/mol. The van der Waals surface area contributed by atoms with Gasteiger partial charge in [-0.15, -0.1) is 0 Å². The fourth-order valence-electron chi connectivity index (χ4n) is 3.88. The van der Waals surface area contributed by atoms with Gasteiger partial charge >= 0.3 is 5.69 Å². The minimum absolute atomic E-state index is 0.186. The molecule has 2 aromatic heterocycles. The summed E-state index contributed by atoms with van der Waals surface area (Å²) in [5.74, 6) is 1.95. The Kier molecular flexibility index (Phi) is 5.25. The van der Waals surface area contributed by atoms with Gasteiger partial charge in [-0.2, -0.15) is 4.98 Å². The van der Waals surface area contributed by atoms with E-state index in [9.17, 15) is 9.59 Å². The summed E-state index contributed by atoms with van der Waals surface area (Å²) in [6, 6.07) is 5.54. The monoisotopic (exact) mass is 415 g/mol. The Morgan fingerprint density at radius 3 is 2.60 bits per heavy atom. The van der Waals surface area contributed by atoms with E-state index >= 15 is 0 Å². The van der Waals surface area contributed by atoms with Crippen LogP contribution in [0.1, 0.15) is 6.42 Å². The maximum Gasteiger partial charge on any atom is 0.332 e. The Morgan fingerprint density at radius 2 is 1.90 bits per heavy atom. The van der Waals surface area contributed by atoms with Gasteiger partial charge in [-0.3, -0.25) is 13.9 Å². The van der Waals surface area contributed by atoms with E-state index in [0.717, 1.165) is 12.1 Å². The molecule has 10 nitrogen and oxygen atoms in total. The van der Waals surface area contributed by atoms with Gasteiger partial charge in [-0.25, -0.2) is 4.79 Å². The Balaban J connectivity index is 1.95. The van der Waals surface area contributed by atoms with Crippen LogP contribution in [0.25, 0.3) is 11.2 Å². The second-order valence-electron chi connectivity index (χ2n) is 7.07. The largest absolute Gasteiger partial charge is 0.497 e. The maximum absolute atomic E-state index is 13.2. The lowest BCUT2D eigenvalue weighted by molar-refractivity contribution is 0.184. The number of methoxy groups -OCH3 is 3. The van der Waals surface area contributed by atoms with Crippen molar-refractivity contribution in [1.82, 2.24) is 18.7 Å². The number of imidazole rings is 1. The second-order valence-corrected chi connectivity index (χ2v) is 7.07. The third kappa shape index (κ3) is 3.04. The molecule has 0 unspecified atom stereocenters. The van der Waals surface area contributed by atoms with Gasteiger partial charge < -0.3 is 23.7 Å². The molecule has 0 saturated carbocycles. The third-order valence-corrected chi connectivity index (χ3v) is 5.41. The first-order valence-electron chi connectivity index (χ1n) is 9.70. The standard InChI is InChI=1S/C20H25N5O5/c1-22-17-16(18(26)25(20(22)27)10-11-28-2)24-9-5-8-23(19(24)21-17)14-12-13(29-3)6-7-15(14)30-4/h6-7,12H,5,8-11H2,1-4H3. The quantitative estimate of drug-likeness (QED) is 0.595. The molecule has 0 aliphatic carbocycles. The molecule has 3 heterocycles. The highest BCUT2D eigenvalue weighted by Crippen LogP contribution is 2.38. The highest BCUT2D eigenvalue weighted by atomic mass is 16.5. The summed E-state index contributed by atoms with van der Waals surface area (Å²) >= 11 is 0. The topological polar surface area (TPSA) is 92.8 Å². The Labute approximate surface area is 172 Å². The van der Waals surface area contributed by atoms with Crippen LogP contribution in [-0.2, 0) is 24.9 Å². The molecule has 0 atom stereocenters. The predicted molar refractivity (Wildman–Crippen MR) is 112 cm³/mol. The van der Waals surface area contributed by atoms with E-state index in [-0.39, 0.29) is 18.7 Å². The number of hydrogen-bond donors (Lipinski definition) is 0. The van der Waals surface area contributed by atoms with Gasteiger partial charge in [-0.1, -0.05) is 0 Å². The number of ether oxygens (including phenoxy) is 3. The minimum Gasteiger partial charge on any atom is -0.497 e. The number of hydrogen-bond acceptors (Lipinski definition) is 7. The average molecular weight is 415 g/mol. The fraction of sp³-hybridized carbons (Fsp3) is 0.450. The molecule has 0 spiro atoms.